The fourth-order valence-electron chi connectivity index (χ4n) is 2.52. The highest BCUT2D eigenvalue weighted by molar-refractivity contribution is 4.94. The number of ether oxygens (including phenoxy) is 2. The number of nitrogens with one attached hydrogen (secondary N) is 1. The first-order chi connectivity index (χ1) is 7.43. The van der Waals surface area contributed by atoms with Crippen molar-refractivity contribution in [3.8, 4) is 0 Å². The van der Waals surface area contributed by atoms with Gasteiger partial charge in [-0.25, -0.2) is 0 Å². The van der Waals surface area contributed by atoms with Gasteiger partial charge in [-0.2, -0.15) is 0 Å². The van der Waals surface area contributed by atoms with E-state index in [1.807, 2.05) is 0 Å². The number of nitrogens with zero attached hydrogens (tertiary/aromatic N) is 1. The summed E-state index contributed by atoms with van der Waals surface area (Å²) in [6, 6.07) is 1.91. The van der Waals surface area contributed by atoms with Gasteiger partial charge >= 0.3 is 0 Å². The molecule has 0 radical (unpaired) electrons. The Bertz CT molecular complexity index is 215. The number of rotatable bonds is 3. The van der Waals surface area contributed by atoms with Gasteiger partial charge < -0.3 is 14.8 Å². The Labute approximate surface area is 90.9 Å². The second-order valence-corrected chi connectivity index (χ2v) is 4.80. The standard InChI is InChI=1S/C11H20N2O2/c1-2-9(1)12-10-7-15-8-11(10)13-3-5-14-6-4-13/h9-12H,1-8H2/t10-,11-/m0/s1. The molecule has 0 aromatic rings. The predicted octanol–water partition coefficient (Wildman–Crippen LogP) is -0.162. The summed E-state index contributed by atoms with van der Waals surface area (Å²) in [6.07, 6.45) is 2.71. The van der Waals surface area contributed by atoms with Crippen LogP contribution in [0.3, 0.4) is 0 Å². The van der Waals surface area contributed by atoms with Crippen LogP contribution in [0.2, 0.25) is 0 Å². The molecule has 2 heterocycles. The summed E-state index contributed by atoms with van der Waals surface area (Å²) in [5, 5.41) is 3.69. The molecule has 1 aliphatic carbocycles. The molecule has 4 heteroatoms. The molecule has 2 aliphatic heterocycles. The van der Waals surface area contributed by atoms with E-state index in [0.29, 0.717) is 12.1 Å². The normalized spacial score (nSPS) is 38.4. The molecular formula is C11H20N2O2. The topological polar surface area (TPSA) is 33.7 Å². The number of hydrogen-bond donors (Lipinski definition) is 1. The summed E-state index contributed by atoms with van der Waals surface area (Å²) in [7, 11) is 0. The highest BCUT2D eigenvalue weighted by Crippen LogP contribution is 2.23. The molecule has 0 amide bonds. The van der Waals surface area contributed by atoms with Gasteiger partial charge in [0.15, 0.2) is 0 Å². The van der Waals surface area contributed by atoms with E-state index in [-0.39, 0.29) is 0 Å². The van der Waals surface area contributed by atoms with E-state index >= 15 is 0 Å². The van der Waals surface area contributed by atoms with Crippen molar-refractivity contribution in [2.45, 2.75) is 31.0 Å². The highest BCUT2D eigenvalue weighted by Gasteiger charge is 2.36. The Morgan fingerprint density at radius 2 is 1.80 bits per heavy atom. The maximum atomic E-state index is 5.61. The van der Waals surface area contributed by atoms with Crippen LogP contribution < -0.4 is 5.32 Å². The molecule has 0 aromatic carbocycles. The Hall–Kier alpha value is -0.160. The SMILES string of the molecule is C1CN([C@H]2COC[C@@H]2NC2CC2)CCO1. The van der Waals surface area contributed by atoms with Crippen molar-refractivity contribution in [2.24, 2.45) is 0 Å². The fourth-order valence-corrected chi connectivity index (χ4v) is 2.52. The van der Waals surface area contributed by atoms with Gasteiger partial charge in [-0.3, -0.25) is 4.90 Å². The van der Waals surface area contributed by atoms with Crippen molar-refractivity contribution >= 4 is 0 Å². The van der Waals surface area contributed by atoms with Crippen molar-refractivity contribution in [2.75, 3.05) is 39.5 Å². The van der Waals surface area contributed by atoms with E-state index in [9.17, 15) is 0 Å². The summed E-state index contributed by atoms with van der Waals surface area (Å²) in [5.41, 5.74) is 0. The molecule has 0 unspecified atom stereocenters. The molecule has 1 N–H and O–H groups in total. The van der Waals surface area contributed by atoms with E-state index in [2.05, 4.69) is 10.2 Å². The monoisotopic (exact) mass is 212 g/mol. The van der Waals surface area contributed by atoms with Gasteiger partial charge in [-0.1, -0.05) is 0 Å². The molecule has 2 saturated heterocycles. The number of morpholine rings is 1. The van der Waals surface area contributed by atoms with Crippen molar-refractivity contribution < 1.29 is 9.47 Å². The van der Waals surface area contributed by atoms with Crippen LogP contribution in [-0.4, -0.2) is 62.5 Å². The molecular weight excluding hydrogens is 192 g/mol. The van der Waals surface area contributed by atoms with Crippen LogP contribution in [0.4, 0.5) is 0 Å². The second kappa shape index (κ2) is 4.37. The molecule has 4 nitrogen and oxygen atoms in total. The average molecular weight is 212 g/mol. The molecule has 2 atom stereocenters. The average Bonchev–Trinajstić information content (AvgIpc) is 2.96. The second-order valence-electron chi connectivity index (χ2n) is 4.80. The van der Waals surface area contributed by atoms with Crippen molar-refractivity contribution in [1.82, 2.24) is 10.2 Å². The molecule has 0 bridgehead atoms. The van der Waals surface area contributed by atoms with Crippen molar-refractivity contribution in [3.05, 3.63) is 0 Å². The van der Waals surface area contributed by atoms with Crippen molar-refractivity contribution in [1.29, 1.82) is 0 Å². The van der Waals surface area contributed by atoms with E-state index in [1.165, 1.54) is 12.8 Å². The van der Waals surface area contributed by atoms with Gasteiger partial charge in [0, 0.05) is 25.2 Å². The lowest BCUT2D eigenvalue weighted by molar-refractivity contribution is 0.0106. The zero-order valence-electron chi connectivity index (χ0n) is 9.15. The molecule has 1 saturated carbocycles. The lowest BCUT2D eigenvalue weighted by atomic mass is 10.1. The minimum Gasteiger partial charge on any atom is -0.379 e. The van der Waals surface area contributed by atoms with Gasteiger partial charge in [-0.05, 0) is 12.8 Å². The lowest BCUT2D eigenvalue weighted by Crippen LogP contribution is -2.53. The zero-order chi connectivity index (χ0) is 10.1. The summed E-state index contributed by atoms with van der Waals surface area (Å²) < 4.78 is 11.0. The fraction of sp³-hybridized carbons (Fsp3) is 1.00. The lowest BCUT2D eigenvalue weighted by Gasteiger charge is -2.34. The van der Waals surface area contributed by atoms with Crippen LogP contribution in [0.25, 0.3) is 0 Å². The Morgan fingerprint density at radius 3 is 2.53 bits per heavy atom. The van der Waals surface area contributed by atoms with E-state index in [4.69, 9.17) is 9.47 Å². The smallest absolute Gasteiger partial charge is 0.0638 e. The van der Waals surface area contributed by atoms with Crippen LogP contribution in [-0.2, 0) is 9.47 Å². The molecule has 0 aromatic heterocycles. The maximum Gasteiger partial charge on any atom is 0.0638 e. The molecule has 3 rings (SSSR count). The highest BCUT2D eigenvalue weighted by atomic mass is 16.5. The minimum atomic E-state index is 0.551. The summed E-state index contributed by atoms with van der Waals surface area (Å²) >= 11 is 0. The van der Waals surface area contributed by atoms with E-state index in [0.717, 1.165) is 45.6 Å². The molecule has 15 heavy (non-hydrogen) atoms. The quantitative estimate of drug-likeness (QED) is 0.705. The first-order valence-corrected chi connectivity index (χ1v) is 6.09. The number of hydrogen-bond acceptors (Lipinski definition) is 4. The minimum absolute atomic E-state index is 0.551. The van der Waals surface area contributed by atoms with Crippen molar-refractivity contribution in [3.63, 3.8) is 0 Å². The zero-order valence-corrected chi connectivity index (χ0v) is 9.15. The predicted molar refractivity (Wildman–Crippen MR) is 56.9 cm³/mol. The third-order valence-corrected chi connectivity index (χ3v) is 3.59. The maximum absolute atomic E-state index is 5.61. The van der Waals surface area contributed by atoms with Crippen LogP contribution in [0.15, 0.2) is 0 Å². The van der Waals surface area contributed by atoms with Crippen LogP contribution in [0.5, 0.6) is 0 Å². The van der Waals surface area contributed by atoms with E-state index < -0.39 is 0 Å². The molecule has 3 aliphatic rings. The van der Waals surface area contributed by atoms with Crippen LogP contribution in [0.1, 0.15) is 12.8 Å². The van der Waals surface area contributed by atoms with Gasteiger partial charge in [0.05, 0.1) is 32.5 Å². The third-order valence-electron chi connectivity index (χ3n) is 3.59. The Morgan fingerprint density at radius 1 is 1.00 bits per heavy atom. The van der Waals surface area contributed by atoms with Crippen LogP contribution >= 0.6 is 0 Å². The van der Waals surface area contributed by atoms with E-state index in [1.54, 1.807) is 0 Å². The first-order valence-electron chi connectivity index (χ1n) is 6.09. The summed E-state index contributed by atoms with van der Waals surface area (Å²) in [4.78, 5) is 2.52. The van der Waals surface area contributed by atoms with Gasteiger partial charge in [-0.15, -0.1) is 0 Å². The summed E-state index contributed by atoms with van der Waals surface area (Å²) in [5.74, 6) is 0. The molecule has 3 fully saturated rings. The van der Waals surface area contributed by atoms with Gasteiger partial charge in [0.2, 0.25) is 0 Å². The first kappa shape index (κ1) is 10.0. The Balaban J connectivity index is 1.56. The molecule has 86 valence electrons. The summed E-state index contributed by atoms with van der Waals surface area (Å²) in [6.45, 7) is 5.68. The Kier molecular flexibility index (Phi) is 2.92. The van der Waals surface area contributed by atoms with Gasteiger partial charge in [0.1, 0.15) is 0 Å². The van der Waals surface area contributed by atoms with Crippen LogP contribution in [0, 0.1) is 0 Å². The van der Waals surface area contributed by atoms with Gasteiger partial charge in [0.25, 0.3) is 0 Å². The molecule has 0 spiro atoms. The largest absolute Gasteiger partial charge is 0.379 e. The third kappa shape index (κ3) is 2.33.